The van der Waals surface area contributed by atoms with E-state index in [0.717, 1.165) is 19.4 Å². The summed E-state index contributed by atoms with van der Waals surface area (Å²) in [7, 11) is 0. The van der Waals surface area contributed by atoms with Crippen LogP contribution in [0.2, 0.25) is 0 Å². The van der Waals surface area contributed by atoms with Crippen LogP contribution in [0, 0.1) is 5.41 Å². The number of amides is 1. The van der Waals surface area contributed by atoms with Gasteiger partial charge in [0.05, 0.1) is 30.8 Å². The molecule has 0 radical (unpaired) electrons. The summed E-state index contributed by atoms with van der Waals surface area (Å²) < 4.78 is 10.8. The standard InChI is InChI=1S/C12H22N2O3/c1-8(9-4-3-5-17-9)14-11(15)12(2)7-16-6-10(12)13/h8-10H,3-7,13H2,1-2H3,(H,14,15). The second-order valence-corrected chi connectivity index (χ2v) is 5.35. The van der Waals surface area contributed by atoms with Crippen molar-refractivity contribution in [3.05, 3.63) is 0 Å². The summed E-state index contributed by atoms with van der Waals surface area (Å²) in [5, 5.41) is 3.01. The first-order chi connectivity index (χ1) is 8.04. The minimum Gasteiger partial charge on any atom is -0.379 e. The van der Waals surface area contributed by atoms with Gasteiger partial charge in [-0.15, -0.1) is 0 Å². The number of hydrogen-bond donors (Lipinski definition) is 2. The highest BCUT2D eigenvalue weighted by Gasteiger charge is 2.45. The Morgan fingerprint density at radius 1 is 1.59 bits per heavy atom. The van der Waals surface area contributed by atoms with Crippen LogP contribution in [0.1, 0.15) is 26.7 Å². The zero-order chi connectivity index (χ0) is 12.5. The number of nitrogens with one attached hydrogen (secondary N) is 1. The average Bonchev–Trinajstić information content (AvgIpc) is 2.90. The number of nitrogens with two attached hydrogens (primary N) is 1. The van der Waals surface area contributed by atoms with Gasteiger partial charge in [0.1, 0.15) is 0 Å². The second-order valence-electron chi connectivity index (χ2n) is 5.35. The predicted molar refractivity (Wildman–Crippen MR) is 63.5 cm³/mol. The molecule has 4 unspecified atom stereocenters. The molecule has 1 amide bonds. The lowest BCUT2D eigenvalue weighted by molar-refractivity contribution is -0.132. The van der Waals surface area contributed by atoms with E-state index in [9.17, 15) is 4.79 Å². The van der Waals surface area contributed by atoms with Crippen LogP contribution in [0.5, 0.6) is 0 Å². The number of carbonyl (C=O) groups is 1. The molecule has 4 atom stereocenters. The summed E-state index contributed by atoms with van der Waals surface area (Å²) in [6, 6.07) is -0.186. The van der Waals surface area contributed by atoms with Crippen molar-refractivity contribution in [2.75, 3.05) is 19.8 Å². The normalized spacial score (nSPS) is 39.2. The van der Waals surface area contributed by atoms with Gasteiger partial charge in [0.25, 0.3) is 0 Å². The van der Waals surface area contributed by atoms with Gasteiger partial charge in [-0.3, -0.25) is 4.79 Å². The molecule has 17 heavy (non-hydrogen) atoms. The van der Waals surface area contributed by atoms with Gasteiger partial charge in [-0.05, 0) is 26.7 Å². The quantitative estimate of drug-likeness (QED) is 0.732. The maximum absolute atomic E-state index is 12.2. The van der Waals surface area contributed by atoms with Crippen LogP contribution in [0.4, 0.5) is 0 Å². The fraction of sp³-hybridized carbons (Fsp3) is 0.917. The molecular formula is C12H22N2O3. The maximum Gasteiger partial charge on any atom is 0.230 e. The minimum absolute atomic E-state index is 0.0227. The summed E-state index contributed by atoms with van der Waals surface area (Å²) in [6.07, 6.45) is 2.23. The average molecular weight is 242 g/mol. The molecule has 2 aliphatic rings. The predicted octanol–water partition coefficient (Wildman–Crippen LogP) is 0.0339. The van der Waals surface area contributed by atoms with Crippen molar-refractivity contribution in [3.63, 3.8) is 0 Å². The third-order valence-corrected chi connectivity index (χ3v) is 3.92. The van der Waals surface area contributed by atoms with E-state index in [4.69, 9.17) is 15.2 Å². The molecule has 98 valence electrons. The van der Waals surface area contributed by atoms with E-state index in [0.29, 0.717) is 13.2 Å². The third kappa shape index (κ3) is 2.46. The van der Waals surface area contributed by atoms with Crippen molar-refractivity contribution in [1.82, 2.24) is 5.32 Å². The monoisotopic (exact) mass is 242 g/mol. The number of carbonyl (C=O) groups excluding carboxylic acids is 1. The van der Waals surface area contributed by atoms with E-state index in [-0.39, 0.29) is 24.1 Å². The van der Waals surface area contributed by atoms with Gasteiger partial charge < -0.3 is 20.5 Å². The van der Waals surface area contributed by atoms with Gasteiger partial charge in [0.15, 0.2) is 0 Å². The highest BCUT2D eigenvalue weighted by atomic mass is 16.5. The van der Waals surface area contributed by atoms with E-state index in [1.807, 2.05) is 13.8 Å². The summed E-state index contributed by atoms with van der Waals surface area (Å²) in [6.45, 7) is 5.50. The van der Waals surface area contributed by atoms with Crippen molar-refractivity contribution < 1.29 is 14.3 Å². The Hall–Kier alpha value is -0.650. The number of hydrogen-bond acceptors (Lipinski definition) is 4. The van der Waals surface area contributed by atoms with Crippen molar-refractivity contribution in [3.8, 4) is 0 Å². The van der Waals surface area contributed by atoms with Crippen LogP contribution in [0.25, 0.3) is 0 Å². The first-order valence-corrected chi connectivity index (χ1v) is 6.30. The van der Waals surface area contributed by atoms with E-state index in [2.05, 4.69) is 5.32 Å². The van der Waals surface area contributed by atoms with E-state index < -0.39 is 5.41 Å². The first kappa shape index (κ1) is 12.8. The highest BCUT2D eigenvalue weighted by Crippen LogP contribution is 2.27. The molecule has 5 heteroatoms. The fourth-order valence-corrected chi connectivity index (χ4v) is 2.38. The first-order valence-electron chi connectivity index (χ1n) is 6.30. The largest absolute Gasteiger partial charge is 0.379 e. The van der Waals surface area contributed by atoms with Crippen LogP contribution in [0.15, 0.2) is 0 Å². The smallest absolute Gasteiger partial charge is 0.230 e. The van der Waals surface area contributed by atoms with Gasteiger partial charge in [-0.1, -0.05) is 0 Å². The Labute approximate surface area is 102 Å². The van der Waals surface area contributed by atoms with Crippen LogP contribution in [0.3, 0.4) is 0 Å². The lowest BCUT2D eigenvalue weighted by atomic mass is 9.84. The Balaban J connectivity index is 1.91. The molecule has 0 spiro atoms. The molecule has 2 rings (SSSR count). The fourth-order valence-electron chi connectivity index (χ4n) is 2.38. The van der Waals surface area contributed by atoms with Crippen molar-refractivity contribution in [2.24, 2.45) is 11.1 Å². The van der Waals surface area contributed by atoms with Gasteiger partial charge in [-0.25, -0.2) is 0 Å². The van der Waals surface area contributed by atoms with E-state index in [1.54, 1.807) is 0 Å². The molecule has 2 heterocycles. The zero-order valence-electron chi connectivity index (χ0n) is 10.6. The molecule has 0 aromatic heterocycles. The van der Waals surface area contributed by atoms with Crippen molar-refractivity contribution in [2.45, 2.75) is 44.9 Å². The molecule has 2 saturated heterocycles. The third-order valence-electron chi connectivity index (χ3n) is 3.92. The number of ether oxygens (including phenoxy) is 2. The molecule has 5 nitrogen and oxygen atoms in total. The Bertz CT molecular complexity index is 291. The van der Waals surface area contributed by atoms with Gasteiger partial charge >= 0.3 is 0 Å². The minimum atomic E-state index is -0.604. The second kappa shape index (κ2) is 4.92. The molecule has 3 N–H and O–H groups in total. The Morgan fingerprint density at radius 3 is 2.88 bits per heavy atom. The topological polar surface area (TPSA) is 73.6 Å². The molecule has 2 fully saturated rings. The molecular weight excluding hydrogens is 220 g/mol. The SMILES string of the molecule is CC(NC(=O)C1(C)COCC1N)C1CCCO1. The van der Waals surface area contributed by atoms with Crippen LogP contribution in [-0.2, 0) is 14.3 Å². The Morgan fingerprint density at radius 2 is 2.35 bits per heavy atom. The molecule has 0 aromatic carbocycles. The highest BCUT2D eigenvalue weighted by molar-refractivity contribution is 5.83. The van der Waals surface area contributed by atoms with Crippen LogP contribution < -0.4 is 11.1 Å². The molecule has 0 aromatic rings. The summed E-state index contributed by atoms with van der Waals surface area (Å²) >= 11 is 0. The molecule has 0 aliphatic carbocycles. The van der Waals surface area contributed by atoms with E-state index in [1.165, 1.54) is 0 Å². The van der Waals surface area contributed by atoms with Gasteiger partial charge in [0, 0.05) is 12.6 Å². The molecule has 2 aliphatic heterocycles. The number of rotatable bonds is 3. The van der Waals surface area contributed by atoms with Crippen molar-refractivity contribution >= 4 is 5.91 Å². The lowest BCUT2D eigenvalue weighted by Gasteiger charge is -2.29. The molecule has 0 bridgehead atoms. The summed E-state index contributed by atoms with van der Waals surface area (Å²) in [5.74, 6) is -0.0227. The van der Waals surface area contributed by atoms with Crippen LogP contribution >= 0.6 is 0 Å². The summed E-state index contributed by atoms with van der Waals surface area (Å²) in [4.78, 5) is 12.2. The summed E-state index contributed by atoms with van der Waals surface area (Å²) in [5.41, 5.74) is 5.32. The van der Waals surface area contributed by atoms with E-state index >= 15 is 0 Å². The van der Waals surface area contributed by atoms with Gasteiger partial charge in [0.2, 0.25) is 5.91 Å². The lowest BCUT2D eigenvalue weighted by Crippen LogP contribution is -2.53. The molecule has 0 saturated carbocycles. The van der Waals surface area contributed by atoms with Gasteiger partial charge in [-0.2, -0.15) is 0 Å². The van der Waals surface area contributed by atoms with Crippen molar-refractivity contribution in [1.29, 1.82) is 0 Å². The van der Waals surface area contributed by atoms with Crippen LogP contribution in [-0.4, -0.2) is 43.9 Å². The Kier molecular flexibility index (Phi) is 3.70. The maximum atomic E-state index is 12.2. The zero-order valence-corrected chi connectivity index (χ0v) is 10.6.